The molecule has 4 heteroatoms. The van der Waals surface area contributed by atoms with Crippen LogP contribution in [0.1, 0.15) is 33.6 Å². The molecule has 0 saturated heterocycles. The molecule has 16 heavy (non-hydrogen) atoms. The van der Waals surface area contributed by atoms with Crippen molar-refractivity contribution in [3.05, 3.63) is 12.2 Å². The van der Waals surface area contributed by atoms with E-state index in [9.17, 15) is 9.59 Å². The lowest BCUT2D eigenvalue weighted by molar-refractivity contribution is -0.119. The van der Waals surface area contributed by atoms with Crippen LogP contribution in [-0.4, -0.2) is 24.9 Å². The molecule has 0 fully saturated rings. The Hall–Kier alpha value is -1.32. The van der Waals surface area contributed by atoms with Crippen LogP contribution in [0.4, 0.5) is 0 Å². The maximum absolute atomic E-state index is 10.7. The number of amides is 2. The Kier molecular flexibility index (Phi) is 7.25. The molecular weight excluding hydrogens is 204 g/mol. The van der Waals surface area contributed by atoms with Gasteiger partial charge in [-0.1, -0.05) is 19.1 Å². The van der Waals surface area contributed by atoms with Crippen molar-refractivity contribution in [1.29, 1.82) is 0 Å². The number of carbonyl (C=O) groups excluding carboxylic acids is 2. The largest absolute Gasteiger partial charge is 0.356 e. The molecule has 1 atom stereocenters. The van der Waals surface area contributed by atoms with E-state index in [2.05, 4.69) is 24.1 Å². The summed E-state index contributed by atoms with van der Waals surface area (Å²) in [6, 6.07) is 0. The molecule has 0 aliphatic heterocycles. The van der Waals surface area contributed by atoms with Crippen molar-refractivity contribution in [3.8, 4) is 0 Å². The Balaban J connectivity index is 3.61. The maximum atomic E-state index is 10.7. The molecule has 2 N–H and O–H groups in total. The van der Waals surface area contributed by atoms with Crippen LogP contribution in [0.2, 0.25) is 0 Å². The predicted molar refractivity (Wildman–Crippen MR) is 64.9 cm³/mol. The second-order valence-electron chi connectivity index (χ2n) is 4.24. The Labute approximate surface area is 97.5 Å². The molecule has 0 saturated carbocycles. The maximum Gasteiger partial charge on any atom is 0.217 e. The summed E-state index contributed by atoms with van der Waals surface area (Å²) in [6.07, 6.45) is 1.80. The minimum atomic E-state index is -0.0351. The van der Waals surface area contributed by atoms with Gasteiger partial charge in [0.1, 0.15) is 0 Å². The average molecular weight is 226 g/mol. The predicted octanol–water partition coefficient (Wildman–Crippen LogP) is 1.23. The number of hydrogen-bond acceptors (Lipinski definition) is 2. The second kappa shape index (κ2) is 7.91. The van der Waals surface area contributed by atoms with Crippen LogP contribution in [-0.2, 0) is 9.59 Å². The van der Waals surface area contributed by atoms with Crippen LogP contribution in [0.5, 0.6) is 0 Å². The van der Waals surface area contributed by atoms with Crippen LogP contribution in [0.15, 0.2) is 12.2 Å². The van der Waals surface area contributed by atoms with Gasteiger partial charge in [0, 0.05) is 26.9 Å². The SMILES string of the molecule is C=C(CNC(C)=O)CC(C)CCNC(C)=O. The third kappa shape index (κ3) is 9.24. The number of rotatable bonds is 7. The molecule has 0 heterocycles. The zero-order valence-electron chi connectivity index (χ0n) is 10.4. The first kappa shape index (κ1) is 14.7. The molecular formula is C12H22N2O2. The first-order chi connectivity index (χ1) is 7.41. The van der Waals surface area contributed by atoms with E-state index in [0.717, 1.165) is 18.4 Å². The summed E-state index contributed by atoms with van der Waals surface area (Å²) in [7, 11) is 0. The lowest BCUT2D eigenvalue weighted by atomic mass is 9.99. The van der Waals surface area contributed by atoms with Crippen LogP contribution < -0.4 is 10.6 Å². The molecule has 0 aromatic heterocycles. The molecule has 0 aromatic carbocycles. The molecule has 0 bridgehead atoms. The lowest BCUT2D eigenvalue weighted by Gasteiger charge is -2.13. The molecule has 4 nitrogen and oxygen atoms in total. The third-order valence-corrected chi connectivity index (χ3v) is 2.24. The van der Waals surface area contributed by atoms with Crippen molar-refractivity contribution in [2.24, 2.45) is 5.92 Å². The average Bonchev–Trinajstić information content (AvgIpc) is 2.14. The third-order valence-electron chi connectivity index (χ3n) is 2.24. The first-order valence-electron chi connectivity index (χ1n) is 5.57. The standard InChI is InChI=1S/C12H22N2O2/c1-9(5-6-13-11(3)15)7-10(2)8-14-12(4)16/h9H,2,5-8H2,1,3-4H3,(H,13,15)(H,14,16). The smallest absolute Gasteiger partial charge is 0.217 e. The number of nitrogens with one attached hydrogen (secondary N) is 2. The monoisotopic (exact) mass is 226 g/mol. The molecule has 0 aromatic rings. The second-order valence-corrected chi connectivity index (χ2v) is 4.24. The molecule has 0 spiro atoms. The van der Waals surface area contributed by atoms with Gasteiger partial charge in [-0.2, -0.15) is 0 Å². The summed E-state index contributed by atoms with van der Waals surface area (Å²) >= 11 is 0. The minimum absolute atomic E-state index is 0.00396. The zero-order chi connectivity index (χ0) is 12.6. The molecule has 0 radical (unpaired) electrons. The normalized spacial score (nSPS) is 11.7. The molecule has 1 unspecified atom stereocenters. The van der Waals surface area contributed by atoms with Gasteiger partial charge in [-0.05, 0) is 18.8 Å². The summed E-state index contributed by atoms with van der Waals surface area (Å²) in [4.78, 5) is 21.3. The highest BCUT2D eigenvalue weighted by atomic mass is 16.1. The minimum Gasteiger partial charge on any atom is -0.356 e. The van der Waals surface area contributed by atoms with E-state index < -0.39 is 0 Å². The van der Waals surface area contributed by atoms with E-state index >= 15 is 0 Å². The molecule has 0 aliphatic carbocycles. The van der Waals surface area contributed by atoms with Gasteiger partial charge in [0.25, 0.3) is 0 Å². The van der Waals surface area contributed by atoms with Crippen molar-refractivity contribution < 1.29 is 9.59 Å². The number of carbonyl (C=O) groups is 2. The van der Waals surface area contributed by atoms with Gasteiger partial charge in [-0.15, -0.1) is 0 Å². The Morgan fingerprint density at radius 2 is 1.75 bits per heavy atom. The summed E-state index contributed by atoms with van der Waals surface area (Å²) < 4.78 is 0. The van der Waals surface area contributed by atoms with E-state index in [4.69, 9.17) is 0 Å². The fourth-order valence-corrected chi connectivity index (χ4v) is 1.41. The van der Waals surface area contributed by atoms with Crippen LogP contribution in [0, 0.1) is 5.92 Å². The van der Waals surface area contributed by atoms with Crippen LogP contribution in [0.25, 0.3) is 0 Å². The summed E-state index contributed by atoms with van der Waals surface area (Å²) in [6.45, 7) is 10.3. The van der Waals surface area contributed by atoms with Crippen LogP contribution >= 0.6 is 0 Å². The highest BCUT2D eigenvalue weighted by Gasteiger charge is 2.05. The van der Waals surface area contributed by atoms with Crippen molar-refractivity contribution in [2.75, 3.05) is 13.1 Å². The van der Waals surface area contributed by atoms with Gasteiger partial charge in [0.2, 0.25) is 11.8 Å². The van der Waals surface area contributed by atoms with E-state index in [-0.39, 0.29) is 11.8 Å². The van der Waals surface area contributed by atoms with Gasteiger partial charge in [-0.25, -0.2) is 0 Å². The molecule has 2 amide bonds. The van der Waals surface area contributed by atoms with E-state index in [0.29, 0.717) is 19.0 Å². The van der Waals surface area contributed by atoms with Gasteiger partial charge in [0.05, 0.1) is 0 Å². The lowest BCUT2D eigenvalue weighted by Crippen LogP contribution is -2.24. The van der Waals surface area contributed by atoms with Gasteiger partial charge < -0.3 is 10.6 Å². The van der Waals surface area contributed by atoms with Gasteiger partial charge in [-0.3, -0.25) is 9.59 Å². The van der Waals surface area contributed by atoms with E-state index in [1.165, 1.54) is 13.8 Å². The Bertz CT molecular complexity index is 262. The van der Waals surface area contributed by atoms with Crippen molar-refractivity contribution in [1.82, 2.24) is 10.6 Å². The molecule has 0 rings (SSSR count). The summed E-state index contributed by atoms with van der Waals surface area (Å²) in [5, 5.41) is 5.48. The van der Waals surface area contributed by atoms with E-state index in [1.807, 2.05) is 0 Å². The fourth-order valence-electron chi connectivity index (χ4n) is 1.41. The first-order valence-corrected chi connectivity index (χ1v) is 5.57. The van der Waals surface area contributed by atoms with Crippen LogP contribution in [0.3, 0.4) is 0 Å². The van der Waals surface area contributed by atoms with Gasteiger partial charge in [0.15, 0.2) is 0 Å². The Morgan fingerprint density at radius 1 is 1.19 bits per heavy atom. The Morgan fingerprint density at radius 3 is 2.25 bits per heavy atom. The fraction of sp³-hybridized carbons (Fsp3) is 0.667. The highest BCUT2D eigenvalue weighted by molar-refractivity contribution is 5.73. The quantitative estimate of drug-likeness (QED) is 0.641. The summed E-state index contributed by atoms with van der Waals surface area (Å²) in [5.41, 5.74) is 1.02. The van der Waals surface area contributed by atoms with Crippen molar-refractivity contribution in [2.45, 2.75) is 33.6 Å². The zero-order valence-corrected chi connectivity index (χ0v) is 10.4. The topological polar surface area (TPSA) is 58.2 Å². The molecule has 92 valence electrons. The molecule has 0 aliphatic rings. The van der Waals surface area contributed by atoms with Crippen molar-refractivity contribution >= 4 is 11.8 Å². The highest BCUT2D eigenvalue weighted by Crippen LogP contribution is 2.12. The summed E-state index contributed by atoms with van der Waals surface area (Å²) in [5.74, 6) is 0.435. The number of hydrogen-bond donors (Lipinski definition) is 2. The van der Waals surface area contributed by atoms with Gasteiger partial charge >= 0.3 is 0 Å². The van der Waals surface area contributed by atoms with E-state index in [1.54, 1.807) is 0 Å². The van der Waals surface area contributed by atoms with Crippen molar-refractivity contribution in [3.63, 3.8) is 0 Å².